The predicted octanol–water partition coefficient (Wildman–Crippen LogP) is 3.23. The van der Waals surface area contributed by atoms with Crippen molar-refractivity contribution in [2.75, 3.05) is 12.3 Å². The van der Waals surface area contributed by atoms with Crippen LogP contribution in [0.4, 0.5) is 5.69 Å². The van der Waals surface area contributed by atoms with Crippen LogP contribution < -0.4 is 11.5 Å². The summed E-state index contributed by atoms with van der Waals surface area (Å²) in [6.45, 7) is 0.740. The highest BCUT2D eigenvalue weighted by atomic mass is 16.1. The molecule has 26 heavy (non-hydrogen) atoms. The molecule has 3 aromatic carbocycles. The lowest BCUT2D eigenvalue weighted by Crippen LogP contribution is -2.22. The maximum Gasteiger partial charge on any atom is 0.196 e. The number of fused-ring (bicyclic) bond motifs is 2. The molecule has 4 heteroatoms. The van der Waals surface area contributed by atoms with E-state index in [-0.39, 0.29) is 11.6 Å². The van der Waals surface area contributed by atoms with Gasteiger partial charge in [-0.3, -0.25) is 9.59 Å². The molecule has 0 radical (unpaired) electrons. The van der Waals surface area contributed by atoms with Gasteiger partial charge in [0.15, 0.2) is 11.6 Å². The van der Waals surface area contributed by atoms with Crippen molar-refractivity contribution in [3.05, 3.63) is 101 Å². The number of rotatable bonds is 2. The first kappa shape index (κ1) is 17.6. The molecule has 1 aliphatic rings. The fraction of sp³-hybridized carbons (Fsp3) is 0.0909. The maximum absolute atomic E-state index is 12.2. The summed E-state index contributed by atoms with van der Waals surface area (Å²) in [5.74, 6) is -0.309. The van der Waals surface area contributed by atoms with Crippen molar-refractivity contribution in [1.29, 1.82) is 0 Å². The van der Waals surface area contributed by atoms with Crippen LogP contribution in [0.5, 0.6) is 0 Å². The molecule has 130 valence electrons. The normalized spacial score (nSPS) is 11.9. The number of carbonyl (C=O) groups is 2. The van der Waals surface area contributed by atoms with Gasteiger partial charge in [0.05, 0.1) is 5.56 Å². The maximum atomic E-state index is 12.2. The van der Waals surface area contributed by atoms with Crippen molar-refractivity contribution in [3.8, 4) is 0 Å². The van der Waals surface area contributed by atoms with Gasteiger partial charge in [0.1, 0.15) is 0 Å². The molecule has 4 N–H and O–H groups in total. The number of nitrogens with two attached hydrogens (primary N) is 2. The van der Waals surface area contributed by atoms with Crippen molar-refractivity contribution < 1.29 is 9.59 Å². The van der Waals surface area contributed by atoms with Crippen LogP contribution in [0.3, 0.4) is 0 Å². The second-order valence-electron chi connectivity index (χ2n) is 6.00. The van der Waals surface area contributed by atoms with Gasteiger partial charge < -0.3 is 11.5 Å². The molecule has 0 bridgehead atoms. The van der Waals surface area contributed by atoms with Gasteiger partial charge in [-0.1, -0.05) is 66.7 Å². The molecule has 0 saturated carbocycles. The van der Waals surface area contributed by atoms with Crippen LogP contribution in [-0.2, 0) is 6.42 Å². The number of benzene rings is 3. The number of anilines is 1. The van der Waals surface area contributed by atoms with Gasteiger partial charge in [-0.2, -0.15) is 0 Å². The average molecular weight is 344 g/mol. The molecule has 4 rings (SSSR count). The Hall–Kier alpha value is -3.24. The molecule has 0 atom stereocenters. The summed E-state index contributed by atoms with van der Waals surface area (Å²) in [7, 11) is 0. The molecule has 0 aromatic heterocycles. The van der Waals surface area contributed by atoms with Crippen LogP contribution in [0, 0.1) is 0 Å². The molecule has 0 saturated heterocycles. The molecule has 0 fully saturated rings. The van der Waals surface area contributed by atoms with E-state index in [4.69, 9.17) is 11.5 Å². The summed E-state index contributed by atoms with van der Waals surface area (Å²) < 4.78 is 0. The molecule has 0 aliphatic heterocycles. The molecule has 0 heterocycles. The Labute approximate surface area is 152 Å². The third-order valence-corrected chi connectivity index (χ3v) is 4.26. The fourth-order valence-corrected chi connectivity index (χ4v) is 2.98. The number of ketones is 2. The van der Waals surface area contributed by atoms with E-state index >= 15 is 0 Å². The molecule has 0 spiro atoms. The summed E-state index contributed by atoms with van der Waals surface area (Å²) in [6.07, 6.45) is 0.987. The second kappa shape index (κ2) is 7.76. The lowest BCUT2D eigenvalue weighted by molar-refractivity contribution is 0.0979. The van der Waals surface area contributed by atoms with Gasteiger partial charge in [0.2, 0.25) is 0 Å². The van der Waals surface area contributed by atoms with E-state index in [1.165, 1.54) is 5.56 Å². The van der Waals surface area contributed by atoms with Crippen molar-refractivity contribution in [2.45, 2.75) is 6.42 Å². The Bertz CT molecular complexity index is 949. The molecule has 0 amide bonds. The van der Waals surface area contributed by atoms with Crippen LogP contribution in [0.25, 0.3) is 0 Å². The van der Waals surface area contributed by atoms with Gasteiger partial charge in [0.25, 0.3) is 0 Å². The highest BCUT2D eigenvalue weighted by Crippen LogP contribution is 2.30. The van der Waals surface area contributed by atoms with Crippen LogP contribution in [0.2, 0.25) is 0 Å². The summed E-state index contributed by atoms with van der Waals surface area (Å²) >= 11 is 0. The lowest BCUT2D eigenvalue weighted by atomic mass is 9.83. The number of hydrogen-bond donors (Lipinski definition) is 2. The first-order chi connectivity index (χ1) is 12.6. The smallest absolute Gasteiger partial charge is 0.196 e. The second-order valence-corrected chi connectivity index (χ2v) is 6.00. The van der Waals surface area contributed by atoms with E-state index < -0.39 is 0 Å². The molecule has 3 aromatic rings. The standard InChI is InChI=1S/C14H9NO2.C8H11N/c15-11-7-3-6-10-12(11)14(17)9-5-2-1-4-8(9)13(10)16;9-7-6-8-4-2-1-3-5-8/h1-7H,15H2;1-5H,6-7,9H2. The lowest BCUT2D eigenvalue weighted by Gasteiger charge is -2.18. The summed E-state index contributed by atoms with van der Waals surface area (Å²) in [5, 5.41) is 0. The average Bonchev–Trinajstić information content (AvgIpc) is 2.68. The Morgan fingerprint density at radius 3 is 1.88 bits per heavy atom. The summed E-state index contributed by atoms with van der Waals surface area (Å²) in [6, 6.07) is 22.0. The highest BCUT2D eigenvalue weighted by molar-refractivity contribution is 6.29. The minimum Gasteiger partial charge on any atom is -0.398 e. The molecule has 0 unspecified atom stereocenters. The van der Waals surface area contributed by atoms with Crippen LogP contribution in [-0.4, -0.2) is 18.1 Å². The minimum absolute atomic E-state index is 0.137. The number of carbonyl (C=O) groups excluding carboxylic acids is 2. The largest absolute Gasteiger partial charge is 0.398 e. The Morgan fingerprint density at radius 1 is 0.654 bits per heavy atom. The predicted molar refractivity (Wildman–Crippen MR) is 103 cm³/mol. The quantitative estimate of drug-likeness (QED) is 0.547. The van der Waals surface area contributed by atoms with Gasteiger partial charge in [-0.25, -0.2) is 0 Å². The molecular weight excluding hydrogens is 324 g/mol. The van der Waals surface area contributed by atoms with Crippen LogP contribution >= 0.6 is 0 Å². The Kier molecular flexibility index (Phi) is 5.25. The zero-order valence-electron chi connectivity index (χ0n) is 14.3. The van der Waals surface area contributed by atoms with E-state index in [9.17, 15) is 9.59 Å². The van der Waals surface area contributed by atoms with Gasteiger partial charge in [0, 0.05) is 22.4 Å². The SMILES string of the molecule is NCCc1ccccc1.Nc1cccc2c1C(=O)c1ccccc1C2=O. The monoisotopic (exact) mass is 344 g/mol. The Morgan fingerprint density at radius 2 is 1.23 bits per heavy atom. The summed E-state index contributed by atoms with van der Waals surface area (Å²) in [5.41, 5.74) is 14.4. The molecule has 4 nitrogen and oxygen atoms in total. The fourth-order valence-electron chi connectivity index (χ4n) is 2.98. The minimum atomic E-state index is -0.173. The van der Waals surface area contributed by atoms with E-state index in [1.54, 1.807) is 42.5 Å². The summed E-state index contributed by atoms with van der Waals surface area (Å²) in [4.78, 5) is 24.4. The van der Waals surface area contributed by atoms with Crippen LogP contribution in [0.15, 0.2) is 72.8 Å². The van der Waals surface area contributed by atoms with E-state index in [1.807, 2.05) is 18.2 Å². The topological polar surface area (TPSA) is 86.2 Å². The van der Waals surface area contributed by atoms with Gasteiger partial charge >= 0.3 is 0 Å². The van der Waals surface area contributed by atoms with E-state index in [0.717, 1.165) is 13.0 Å². The first-order valence-electron chi connectivity index (χ1n) is 8.44. The zero-order valence-corrected chi connectivity index (χ0v) is 14.3. The highest BCUT2D eigenvalue weighted by Gasteiger charge is 2.30. The zero-order chi connectivity index (χ0) is 18.5. The van der Waals surface area contributed by atoms with Crippen molar-refractivity contribution in [2.24, 2.45) is 5.73 Å². The first-order valence-corrected chi connectivity index (χ1v) is 8.44. The number of hydrogen-bond acceptors (Lipinski definition) is 4. The van der Waals surface area contributed by atoms with Crippen molar-refractivity contribution in [1.82, 2.24) is 0 Å². The van der Waals surface area contributed by atoms with Crippen molar-refractivity contribution in [3.63, 3.8) is 0 Å². The molecular formula is C22H20N2O2. The van der Waals surface area contributed by atoms with E-state index in [2.05, 4.69) is 12.1 Å². The van der Waals surface area contributed by atoms with Crippen molar-refractivity contribution >= 4 is 17.3 Å². The van der Waals surface area contributed by atoms with Crippen LogP contribution in [0.1, 0.15) is 37.4 Å². The Balaban J connectivity index is 0.000000185. The third kappa shape index (κ3) is 3.41. The number of nitrogen functional groups attached to an aromatic ring is 1. The van der Waals surface area contributed by atoms with Gasteiger partial charge in [-0.15, -0.1) is 0 Å². The van der Waals surface area contributed by atoms with Gasteiger partial charge in [-0.05, 0) is 24.6 Å². The third-order valence-electron chi connectivity index (χ3n) is 4.26. The van der Waals surface area contributed by atoms with E-state index in [0.29, 0.717) is 27.9 Å². The molecule has 1 aliphatic carbocycles.